The van der Waals surface area contributed by atoms with Crippen LogP contribution in [0.2, 0.25) is 0 Å². The van der Waals surface area contributed by atoms with Crippen LogP contribution < -0.4 is 16.2 Å². The molecule has 2 aromatic heterocycles. The second-order valence-corrected chi connectivity index (χ2v) is 10.3. The second kappa shape index (κ2) is 11.5. The van der Waals surface area contributed by atoms with E-state index in [1.54, 1.807) is 36.7 Å². The Morgan fingerprint density at radius 2 is 1.95 bits per heavy atom. The molecule has 1 aliphatic heterocycles. The highest BCUT2D eigenvalue weighted by molar-refractivity contribution is 6.05. The zero-order chi connectivity index (χ0) is 27.3. The molecule has 1 aromatic carbocycles. The monoisotopic (exact) mass is 510 g/mol. The van der Waals surface area contributed by atoms with Crippen LogP contribution in [0.1, 0.15) is 59.4 Å². The predicted molar refractivity (Wildman–Crippen MR) is 149 cm³/mol. The first-order valence-electron chi connectivity index (χ1n) is 12.7. The van der Waals surface area contributed by atoms with Gasteiger partial charge in [-0.2, -0.15) is 5.26 Å². The minimum atomic E-state index is -0.706. The minimum Gasteiger partial charge on any atom is -0.321 e. The van der Waals surface area contributed by atoms with Gasteiger partial charge in [-0.1, -0.05) is 12.1 Å². The molecule has 0 saturated carbocycles. The average molecular weight is 511 g/mol. The third kappa shape index (κ3) is 6.40. The molecule has 4 rings (SSSR count). The molecule has 1 amide bonds. The fourth-order valence-electron chi connectivity index (χ4n) is 4.48. The fourth-order valence-corrected chi connectivity index (χ4v) is 4.48. The van der Waals surface area contributed by atoms with Crippen LogP contribution in [0.25, 0.3) is 0 Å². The molecule has 3 heterocycles. The zero-order valence-electron chi connectivity index (χ0n) is 22.2. The number of hydrazine groups is 1. The van der Waals surface area contributed by atoms with E-state index in [0.717, 1.165) is 36.3 Å². The van der Waals surface area contributed by atoms with Gasteiger partial charge in [0.25, 0.3) is 5.91 Å². The molecule has 0 radical (unpaired) electrons. The van der Waals surface area contributed by atoms with Crippen molar-refractivity contribution in [1.82, 2.24) is 14.9 Å². The van der Waals surface area contributed by atoms with Crippen LogP contribution in [-0.2, 0) is 12.0 Å². The summed E-state index contributed by atoms with van der Waals surface area (Å²) in [7, 11) is 0. The summed E-state index contributed by atoms with van der Waals surface area (Å²) in [6, 6.07) is 13.1. The van der Waals surface area contributed by atoms with E-state index in [4.69, 9.17) is 11.3 Å². The summed E-state index contributed by atoms with van der Waals surface area (Å²) in [6.07, 6.45) is 7.57. The molecule has 196 valence electrons. The summed E-state index contributed by atoms with van der Waals surface area (Å²) in [5.74, 6) is 6.07. The molecule has 0 bridgehead atoms. The summed E-state index contributed by atoms with van der Waals surface area (Å²) in [5.41, 5.74) is 4.43. The summed E-state index contributed by atoms with van der Waals surface area (Å²) in [6.45, 7) is 8.64. The molecule has 9 heteroatoms. The van der Waals surface area contributed by atoms with Crippen molar-refractivity contribution in [3.63, 3.8) is 0 Å². The maximum absolute atomic E-state index is 13.0. The van der Waals surface area contributed by atoms with Gasteiger partial charge in [-0.15, -0.1) is 0 Å². The largest absolute Gasteiger partial charge is 0.321 e. The van der Waals surface area contributed by atoms with Gasteiger partial charge in [-0.05, 0) is 82.1 Å². The van der Waals surface area contributed by atoms with Gasteiger partial charge in [0.05, 0.1) is 47.0 Å². The standard InChI is InChI=1S/C29H34N8O/c1-20-27(37(32)18-26(31)23-11-21(14-33-15-23)17-36-9-4-5-10-36)13-25(16-34-20)35-28(38)22-7-6-8-24(12-22)29(2,3)19-30/h6-8,11-16,31H,4-5,9-10,17-18,32H2,1-3H3,(H,35,38). The first-order chi connectivity index (χ1) is 18.2. The Kier molecular flexibility index (Phi) is 8.15. The quantitative estimate of drug-likeness (QED) is 0.223. The third-order valence-corrected chi connectivity index (χ3v) is 6.83. The Morgan fingerprint density at radius 1 is 1.18 bits per heavy atom. The van der Waals surface area contributed by atoms with E-state index >= 15 is 0 Å². The molecule has 0 unspecified atom stereocenters. The third-order valence-electron chi connectivity index (χ3n) is 6.83. The van der Waals surface area contributed by atoms with Crippen LogP contribution in [0.15, 0.2) is 55.0 Å². The van der Waals surface area contributed by atoms with Crippen molar-refractivity contribution in [3.05, 3.63) is 82.9 Å². The Hall–Kier alpha value is -4.13. The minimum absolute atomic E-state index is 0.153. The summed E-state index contributed by atoms with van der Waals surface area (Å²) in [4.78, 5) is 24.1. The van der Waals surface area contributed by atoms with Gasteiger partial charge in [-0.3, -0.25) is 19.7 Å². The Bertz CT molecular complexity index is 1370. The van der Waals surface area contributed by atoms with Crippen molar-refractivity contribution in [2.24, 2.45) is 5.84 Å². The van der Waals surface area contributed by atoms with Crippen LogP contribution in [0.4, 0.5) is 11.4 Å². The molecule has 3 aromatic rings. The van der Waals surface area contributed by atoms with E-state index in [2.05, 4.69) is 26.3 Å². The number of hydrogen-bond donors (Lipinski definition) is 3. The first-order valence-corrected chi connectivity index (χ1v) is 12.7. The van der Waals surface area contributed by atoms with Crippen LogP contribution >= 0.6 is 0 Å². The summed E-state index contributed by atoms with van der Waals surface area (Å²) < 4.78 is 0. The second-order valence-electron chi connectivity index (χ2n) is 10.3. The topological polar surface area (TPSA) is 135 Å². The Balaban J connectivity index is 1.45. The number of amides is 1. The van der Waals surface area contributed by atoms with Crippen LogP contribution in [0.3, 0.4) is 0 Å². The first kappa shape index (κ1) is 26.9. The average Bonchev–Trinajstić information content (AvgIpc) is 3.43. The molecule has 38 heavy (non-hydrogen) atoms. The smallest absolute Gasteiger partial charge is 0.255 e. The number of nitriles is 1. The highest BCUT2D eigenvalue weighted by atomic mass is 16.1. The number of aryl methyl sites for hydroxylation is 1. The highest BCUT2D eigenvalue weighted by Gasteiger charge is 2.21. The summed E-state index contributed by atoms with van der Waals surface area (Å²) in [5, 5.41) is 22.4. The SMILES string of the molecule is Cc1ncc(NC(=O)c2cccc(C(C)(C)C#N)c2)cc1N(N)CC(=N)c1cncc(CN2CCCC2)c1. The zero-order valence-corrected chi connectivity index (χ0v) is 22.2. The van der Waals surface area contributed by atoms with Crippen molar-refractivity contribution in [2.45, 2.75) is 45.6 Å². The molecule has 1 fully saturated rings. The fraction of sp³-hybridized carbons (Fsp3) is 0.345. The van der Waals surface area contributed by atoms with E-state index in [1.807, 2.05) is 39.1 Å². The maximum atomic E-state index is 13.0. The number of nitrogens with one attached hydrogen (secondary N) is 2. The number of rotatable bonds is 9. The van der Waals surface area contributed by atoms with E-state index in [1.165, 1.54) is 17.9 Å². The molecular weight excluding hydrogens is 476 g/mol. The Morgan fingerprint density at radius 3 is 2.68 bits per heavy atom. The number of carbonyl (C=O) groups is 1. The van der Waals surface area contributed by atoms with Crippen molar-refractivity contribution < 1.29 is 4.79 Å². The number of aromatic nitrogens is 2. The van der Waals surface area contributed by atoms with Gasteiger partial charge >= 0.3 is 0 Å². The number of carbonyl (C=O) groups excluding carboxylic acids is 1. The number of likely N-dealkylation sites (tertiary alicyclic amines) is 1. The lowest BCUT2D eigenvalue weighted by atomic mass is 9.85. The van der Waals surface area contributed by atoms with Gasteiger partial charge in [0.1, 0.15) is 0 Å². The van der Waals surface area contributed by atoms with Crippen LogP contribution in [0, 0.1) is 23.7 Å². The lowest BCUT2D eigenvalue weighted by molar-refractivity contribution is 0.102. The van der Waals surface area contributed by atoms with E-state index in [-0.39, 0.29) is 12.5 Å². The molecule has 9 nitrogen and oxygen atoms in total. The predicted octanol–water partition coefficient (Wildman–Crippen LogP) is 4.18. The number of anilines is 2. The van der Waals surface area contributed by atoms with Crippen molar-refractivity contribution in [2.75, 3.05) is 30.0 Å². The van der Waals surface area contributed by atoms with Crippen molar-refractivity contribution in [3.8, 4) is 6.07 Å². The molecular formula is C29H34N8O. The van der Waals surface area contributed by atoms with Gasteiger partial charge in [-0.25, -0.2) is 5.84 Å². The summed E-state index contributed by atoms with van der Waals surface area (Å²) >= 11 is 0. The van der Waals surface area contributed by atoms with E-state index in [9.17, 15) is 10.1 Å². The van der Waals surface area contributed by atoms with Crippen LogP contribution in [-0.4, -0.2) is 46.1 Å². The lowest BCUT2D eigenvalue weighted by Gasteiger charge is -2.22. The molecule has 1 saturated heterocycles. The van der Waals surface area contributed by atoms with Gasteiger partial charge in [0.15, 0.2) is 0 Å². The highest BCUT2D eigenvalue weighted by Crippen LogP contribution is 2.25. The molecule has 0 atom stereocenters. The van der Waals surface area contributed by atoms with E-state index < -0.39 is 5.41 Å². The molecule has 0 spiro atoms. The van der Waals surface area contributed by atoms with Crippen molar-refractivity contribution >= 4 is 23.0 Å². The lowest BCUT2D eigenvalue weighted by Crippen LogP contribution is -2.37. The molecule has 1 aliphatic rings. The molecule has 4 N–H and O–H groups in total. The van der Waals surface area contributed by atoms with Gasteiger partial charge in [0, 0.05) is 30.1 Å². The van der Waals surface area contributed by atoms with Crippen molar-refractivity contribution in [1.29, 1.82) is 10.7 Å². The Labute approximate surface area is 223 Å². The van der Waals surface area contributed by atoms with Crippen LogP contribution in [0.5, 0.6) is 0 Å². The number of hydrogen-bond acceptors (Lipinski definition) is 8. The van der Waals surface area contributed by atoms with Gasteiger partial charge in [0.2, 0.25) is 0 Å². The number of nitrogens with zero attached hydrogens (tertiary/aromatic N) is 5. The normalized spacial score (nSPS) is 13.7. The van der Waals surface area contributed by atoms with Gasteiger partial charge < -0.3 is 15.7 Å². The maximum Gasteiger partial charge on any atom is 0.255 e. The molecule has 0 aliphatic carbocycles. The number of nitrogens with two attached hydrogens (primary N) is 1. The number of benzene rings is 1. The van der Waals surface area contributed by atoms with E-state index in [0.29, 0.717) is 28.3 Å². The number of pyridine rings is 2.